The predicted molar refractivity (Wildman–Crippen MR) is 74.5 cm³/mol. The molecule has 2 heterocycles. The minimum Gasteiger partial charge on any atom is -0.363 e. The van der Waals surface area contributed by atoms with E-state index in [4.69, 9.17) is 0 Å². The van der Waals surface area contributed by atoms with Gasteiger partial charge >= 0.3 is 0 Å². The van der Waals surface area contributed by atoms with E-state index >= 15 is 0 Å². The van der Waals surface area contributed by atoms with Crippen LogP contribution in [0.25, 0.3) is 0 Å². The van der Waals surface area contributed by atoms with Crippen molar-refractivity contribution < 1.29 is 4.92 Å². The van der Waals surface area contributed by atoms with Crippen molar-refractivity contribution in [3.05, 3.63) is 34.4 Å². The van der Waals surface area contributed by atoms with Crippen LogP contribution >= 0.6 is 0 Å². The standard InChI is InChI=1S/C14H19N3O2/c18-17(19)14-7-2-1-6-13(14)16-10-9-15-8-4-3-5-12(15)11-16/h1-2,6-7,12H,3-5,8-11H2. The molecule has 1 unspecified atom stereocenters. The average Bonchev–Trinajstić information content (AvgIpc) is 2.46. The zero-order chi connectivity index (χ0) is 13.2. The van der Waals surface area contributed by atoms with Gasteiger partial charge < -0.3 is 4.90 Å². The Kier molecular flexibility index (Phi) is 3.38. The third-order valence-corrected chi connectivity index (χ3v) is 4.26. The number of piperazine rings is 1. The lowest BCUT2D eigenvalue weighted by Gasteiger charge is -2.44. The maximum absolute atomic E-state index is 11.1. The fourth-order valence-electron chi connectivity index (χ4n) is 3.26. The van der Waals surface area contributed by atoms with E-state index in [9.17, 15) is 10.1 Å². The first-order valence-corrected chi connectivity index (χ1v) is 6.98. The number of benzene rings is 1. The molecule has 0 N–H and O–H groups in total. The molecule has 102 valence electrons. The molecule has 2 aliphatic heterocycles. The first-order valence-electron chi connectivity index (χ1n) is 6.98. The lowest BCUT2D eigenvalue weighted by molar-refractivity contribution is -0.384. The number of piperidine rings is 1. The molecule has 0 aliphatic carbocycles. The lowest BCUT2D eigenvalue weighted by atomic mass is 9.99. The zero-order valence-corrected chi connectivity index (χ0v) is 11.0. The highest BCUT2D eigenvalue weighted by atomic mass is 16.6. The maximum Gasteiger partial charge on any atom is 0.292 e. The van der Waals surface area contributed by atoms with E-state index in [1.54, 1.807) is 12.1 Å². The summed E-state index contributed by atoms with van der Waals surface area (Å²) in [6.07, 6.45) is 3.80. The van der Waals surface area contributed by atoms with E-state index in [2.05, 4.69) is 9.80 Å². The van der Waals surface area contributed by atoms with Crippen molar-refractivity contribution in [1.29, 1.82) is 0 Å². The predicted octanol–water partition coefficient (Wildman–Crippen LogP) is 2.27. The highest BCUT2D eigenvalue weighted by Crippen LogP contribution is 2.31. The Morgan fingerprint density at radius 1 is 1.16 bits per heavy atom. The molecule has 5 nitrogen and oxygen atoms in total. The van der Waals surface area contributed by atoms with Gasteiger partial charge in [-0.15, -0.1) is 0 Å². The smallest absolute Gasteiger partial charge is 0.292 e. The fraction of sp³-hybridized carbons (Fsp3) is 0.571. The number of hydrogen-bond acceptors (Lipinski definition) is 4. The Bertz CT molecular complexity index is 478. The van der Waals surface area contributed by atoms with Crippen molar-refractivity contribution in [2.24, 2.45) is 0 Å². The molecule has 0 spiro atoms. The van der Waals surface area contributed by atoms with Crippen molar-refractivity contribution in [2.45, 2.75) is 25.3 Å². The van der Waals surface area contributed by atoms with Gasteiger partial charge in [-0.2, -0.15) is 0 Å². The number of nitro groups is 1. The van der Waals surface area contributed by atoms with Gasteiger partial charge in [0.1, 0.15) is 5.69 Å². The van der Waals surface area contributed by atoms with Crippen molar-refractivity contribution in [3.8, 4) is 0 Å². The van der Waals surface area contributed by atoms with Crippen LogP contribution in [0.5, 0.6) is 0 Å². The van der Waals surface area contributed by atoms with Crippen LogP contribution in [0.15, 0.2) is 24.3 Å². The van der Waals surface area contributed by atoms with Crippen molar-refractivity contribution in [2.75, 3.05) is 31.1 Å². The van der Waals surface area contributed by atoms with Gasteiger partial charge in [-0.1, -0.05) is 18.6 Å². The van der Waals surface area contributed by atoms with Gasteiger partial charge in [0, 0.05) is 31.7 Å². The second-order valence-corrected chi connectivity index (χ2v) is 5.38. The molecule has 5 heteroatoms. The monoisotopic (exact) mass is 261 g/mol. The van der Waals surface area contributed by atoms with E-state index < -0.39 is 0 Å². The van der Waals surface area contributed by atoms with E-state index in [0.717, 1.165) is 25.3 Å². The first-order chi connectivity index (χ1) is 9.25. The fourth-order valence-corrected chi connectivity index (χ4v) is 3.26. The number of para-hydroxylation sites is 2. The summed E-state index contributed by atoms with van der Waals surface area (Å²) >= 11 is 0. The van der Waals surface area contributed by atoms with Crippen LogP contribution in [0.1, 0.15) is 19.3 Å². The summed E-state index contributed by atoms with van der Waals surface area (Å²) in [6, 6.07) is 7.66. The molecule has 0 radical (unpaired) electrons. The quantitative estimate of drug-likeness (QED) is 0.605. The molecule has 0 bridgehead atoms. The van der Waals surface area contributed by atoms with Crippen molar-refractivity contribution in [3.63, 3.8) is 0 Å². The van der Waals surface area contributed by atoms with Gasteiger partial charge in [0.15, 0.2) is 0 Å². The Hall–Kier alpha value is -1.62. The summed E-state index contributed by atoms with van der Waals surface area (Å²) in [4.78, 5) is 15.6. The molecule has 19 heavy (non-hydrogen) atoms. The summed E-state index contributed by atoms with van der Waals surface area (Å²) in [6.45, 7) is 4.03. The largest absolute Gasteiger partial charge is 0.363 e. The Morgan fingerprint density at radius 3 is 2.84 bits per heavy atom. The van der Waals surface area contributed by atoms with Crippen LogP contribution < -0.4 is 4.90 Å². The van der Waals surface area contributed by atoms with E-state index in [-0.39, 0.29) is 10.6 Å². The van der Waals surface area contributed by atoms with E-state index in [1.165, 1.54) is 25.8 Å². The van der Waals surface area contributed by atoms with E-state index in [0.29, 0.717) is 6.04 Å². The molecule has 0 amide bonds. The molecule has 1 aromatic rings. The average molecular weight is 261 g/mol. The molecular formula is C14H19N3O2. The summed E-state index contributed by atoms with van der Waals surface area (Å²) in [5, 5.41) is 11.1. The first kappa shape index (κ1) is 12.4. The summed E-state index contributed by atoms with van der Waals surface area (Å²) < 4.78 is 0. The molecule has 3 rings (SSSR count). The molecule has 2 fully saturated rings. The Labute approximate surface area is 113 Å². The number of rotatable bonds is 2. The molecular weight excluding hydrogens is 242 g/mol. The lowest BCUT2D eigenvalue weighted by Crippen LogP contribution is -2.55. The maximum atomic E-state index is 11.1. The number of nitro benzene ring substituents is 1. The van der Waals surface area contributed by atoms with E-state index in [1.807, 2.05) is 12.1 Å². The minimum atomic E-state index is -0.275. The van der Waals surface area contributed by atoms with Crippen LogP contribution in [0, 0.1) is 10.1 Å². The Balaban J connectivity index is 1.81. The van der Waals surface area contributed by atoms with Gasteiger partial charge in [0.05, 0.1) is 4.92 Å². The molecule has 0 aromatic heterocycles. The highest BCUT2D eigenvalue weighted by molar-refractivity contribution is 5.63. The summed E-state index contributed by atoms with van der Waals surface area (Å²) in [7, 11) is 0. The Morgan fingerprint density at radius 2 is 2.00 bits per heavy atom. The van der Waals surface area contributed by atoms with Crippen LogP contribution in [0.3, 0.4) is 0 Å². The molecule has 1 atom stereocenters. The van der Waals surface area contributed by atoms with Crippen molar-refractivity contribution >= 4 is 11.4 Å². The topological polar surface area (TPSA) is 49.6 Å². The molecule has 0 saturated carbocycles. The molecule has 1 aromatic carbocycles. The molecule has 2 saturated heterocycles. The summed E-state index contributed by atoms with van der Waals surface area (Å²) in [5.41, 5.74) is 1.00. The number of hydrogen-bond donors (Lipinski definition) is 0. The minimum absolute atomic E-state index is 0.228. The number of nitrogens with zero attached hydrogens (tertiary/aromatic N) is 3. The number of anilines is 1. The van der Waals surface area contributed by atoms with Gasteiger partial charge in [0.2, 0.25) is 0 Å². The SMILES string of the molecule is O=[N+]([O-])c1ccccc1N1CCN2CCCCC2C1. The van der Waals surface area contributed by atoms with Gasteiger partial charge in [0.25, 0.3) is 5.69 Å². The molecule has 2 aliphatic rings. The normalized spacial score (nSPS) is 24.0. The van der Waals surface area contributed by atoms with Gasteiger partial charge in [-0.3, -0.25) is 15.0 Å². The van der Waals surface area contributed by atoms with Gasteiger partial charge in [-0.05, 0) is 25.5 Å². The summed E-state index contributed by atoms with van der Waals surface area (Å²) in [5.74, 6) is 0. The third-order valence-electron chi connectivity index (χ3n) is 4.26. The van der Waals surface area contributed by atoms with Crippen LogP contribution in [-0.4, -0.2) is 42.0 Å². The highest BCUT2D eigenvalue weighted by Gasteiger charge is 2.31. The van der Waals surface area contributed by atoms with Crippen LogP contribution in [-0.2, 0) is 0 Å². The van der Waals surface area contributed by atoms with Crippen LogP contribution in [0.2, 0.25) is 0 Å². The van der Waals surface area contributed by atoms with Crippen LogP contribution in [0.4, 0.5) is 11.4 Å². The second kappa shape index (κ2) is 5.17. The third kappa shape index (κ3) is 2.42. The second-order valence-electron chi connectivity index (χ2n) is 5.38. The van der Waals surface area contributed by atoms with Crippen molar-refractivity contribution in [1.82, 2.24) is 4.90 Å². The van der Waals surface area contributed by atoms with Gasteiger partial charge in [-0.25, -0.2) is 0 Å². The number of fused-ring (bicyclic) bond motifs is 1. The zero-order valence-electron chi connectivity index (χ0n) is 11.0.